The monoisotopic (exact) mass is 414 g/mol. The van der Waals surface area contributed by atoms with Crippen LogP contribution in [0.2, 0.25) is 0 Å². The zero-order valence-electron chi connectivity index (χ0n) is 15.3. The number of Topliss-reactive ketones (excluding diaryl/α,β-unsaturated/α-hetero) is 2. The van der Waals surface area contributed by atoms with E-state index in [9.17, 15) is 9.59 Å². The van der Waals surface area contributed by atoms with E-state index in [1.165, 1.54) is 0 Å². The lowest BCUT2D eigenvalue weighted by atomic mass is 9.67. The fourth-order valence-electron chi connectivity index (χ4n) is 3.42. The first-order valence-electron chi connectivity index (χ1n) is 8.95. The molecule has 4 heteroatoms. The molecule has 0 N–H and O–H groups in total. The first kappa shape index (κ1) is 18.8. The summed E-state index contributed by atoms with van der Waals surface area (Å²) in [5, 5.41) is 0. The number of ketones is 2. The molecule has 3 nitrogen and oxygen atoms in total. The zero-order chi connectivity index (χ0) is 18.9. The van der Waals surface area contributed by atoms with E-state index < -0.39 is 11.3 Å². The van der Waals surface area contributed by atoms with Crippen molar-refractivity contribution in [3.05, 3.63) is 58.1 Å². The molecule has 1 saturated carbocycles. The highest BCUT2D eigenvalue weighted by molar-refractivity contribution is 9.10. The van der Waals surface area contributed by atoms with Gasteiger partial charge in [-0.2, -0.15) is 0 Å². The summed E-state index contributed by atoms with van der Waals surface area (Å²) in [6.45, 7) is 5.90. The van der Waals surface area contributed by atoms with Crippen LogP contribution < -0.4 is 4.74 Å². The Bertz CT molecular complexity index is 837. The van der Waals surface area contributed by atoms with Gasteiger partial charge in [0.15, 0.2) is 5.78 Å². The van der Waals surface area contributed by atoms with E-state index in [4.69, 9.17) is 4.74 Å². The van der Waals surface area contributed by atoms with Crippen LogP contribution in [-0.4, -0.2) is 11.6 Å². The summed E-state index contributed by atoms with van der Waals surface area (Å²) in [4.78, 5) is 25.6. The number of ether oxygens (including phenoxy) is 1. The standard InChI is InChI=1S/C22H23BrO3/c1-4-14-5-8-17(26-16-9-6-15(23)7-10-16)13-18(14)20-19(24)11-12-22(2,3)21(20)25/h5-10,13,20H,4,11-12H2,1-3H3. The van der Waals surface area contributed by atoms with Crippen LogP contribution >= 0.6 is 15.9 Å². The third kappa shape index (κ3) is 3.75. The third-order valence-electron chi connectivity index (χ3n) is 5.11. The molecule has 0 spiro atoms. The number of hydrogen-bond acceptors (Lipinski definition) is 3. The predicted octanol–water partition coefficient (Wildman–Crippen LogP) is 5.85. The smallest absolute Gasteiger partial charge is 0.153 e. The van der Waals surface area contributed by atoms with Crippen LogP contribution in [-0.2, 0) is 16.0 Å². The van der Waals surface area contributed by atoms with E-state index >= 15 is 0 Å². The second kappa shape index (κ2) is 7.36. The van der Waals surface area contributed by atoms with Crippen molar-refractivity contribution in [2.75, 3.05) is 0 Å². The molecule has 1 aliphatic carbocycles. The highest BCUT2D eigenvalue weighted by Crippen LogP contribution is 2.40. The van der Waals surface area contributed by atoms with Crippen LogP contribution in [0.1, 0.15) is 50.7 Å². The van der Waals surface area contributed by atoms with Crippen molar-refractivity contribution < 1.29 is 14.3 Å². The molecule has 0 radical (unpaired) electrons. The number of carbonyl (C=O) groups excluding carboxylic acids is 2. The topological polar surface area (TPSA) is 43.4 Å². The summed E-state index contributed by atoms with van der Waals surface area (Å²) >= 11 is 3.41. The van der Waals surface area contributed by atoms with Gasteiger partial charge in [-0.15, -0.1) is 0 Å². The molecule has 2 aromatic rings. The molecule has 1 fully saturated rings. The molecular weight excluding hydrogens is 392 g/mol. The van der Waals surface area contributed by atoms with Gasteiger partial charge in [-0.3, -0.25) is 9.59 Å². The van der Waals surface area contributed by atoms with E-state index in [1.54, 1.807) is 0 Å². The van der Waals surface area contributed by atoms with Crippen LogP contribution in [0.25, 0.3) is 0 Å². The van der Waals surface area contributed by atoms with Gasteiger partial charge in [0.1, 0.15) is 23.2 Å². The lowest BCUT2D eigenvalue weighted by Crippen LogP contribution is -2.39. The summed E-state index contributed by atoms with van der Waals surface area (Å²) in [6.07, 6.45) is 1.84. The fourth-order valence-corrected chi connectivity index (χ4v) is 3.69. The largest absolute Gasteiger partial charge is 0.457 e. The minimum Gasteiger partial charge on any atom is -0.457 e. The number of aryl methyl sites for hydroxylation is 1. The van der Waals surface area contributed by atoms with Gasteiger partial charge in [-0.1, -0.05) is 42.8 Å². The van der Waals surface area contributed by atoms with Gasteiger partial charge in [0.2, 0.25) is 0 Å². The number of carbonyl (C=O) groups is 2. The Morgan fingerprint density at radius 1 is 1.08 bits per heavy atom. The van der Waals surface area contributed by atoms with E-state index in [1.807, 2.05) is 63.2 Å². The first-order valence-corrected chi connectivity index (χ1v) is 9.74. The molecule has 0 amide bonds. The quantitative estimate of drug-likeness (QED) is 0.589. The maximum absolute atomic E-state index is 13.0. The molecule has 2 aromatic carbocycles. The lowest BCUT2D eigenvalue weighted by molar-refractivity contribution is -0.139. The summed E-state index contributed by atoms with van der Waals surface area (Å²) in [5.74, 6) is 0.713. The first-order chi connectivity index (χ1) is 12.3. The molecule has 3 rings (SSSR count). The van der Waals surface area contributed by atoms with Crippen molar-refractivity contribution in [2.24, 2.45) is 5.41 Å². The van der Waals surface area contributed by atoms with Crippen LogP contribution in [0.5, 0.6) is 11.5 Å². The molecular formula is C22H23BrO3. The molecule has 0 aromatic heterocycles. The Kier molecular flexibility index (Phi) is 5.33. The molecule has 0 saturated heterocycles. The molecule has 26 heavy (non-hydrogen) atoms. The Labute approximate surface area is 162 Å². The van der Waals surface area contributed by atoms with Crippen molar-refractivity contribution in [3.8, 4) is 11.5 Å². The van der Waals surface area contributed by atoms with Gasteiger partial charge in [0.05, 0.1) is 0 Å². The van der Waals surface area contributed by atoms with Gasteiger partial charge in [-0.05, 0) is 60.4 Å². The third-order valence-corrected chi connectivity index (χ3v) is 5.63. The Hall–Kier alpha value is -1.94. The second-order valence-corrected chi connectivity index (χ2v) is 8.33. The Morgan fingerprint density at radius 3 is 2.38 bits per heavy atom. The normalized spacial score (nSPS) is 19.5. The molecule has 1 atom stereocenters. The van der Waals surface area contributed by atoms with Crippen molar-refractivity contribution in [1.82, 2.24) is 0 Å². The minimum absolute atomic E-state index is 0.0178. The van der Waals surface area contributed by atoms with E-state index in [-0.39, 0.29) is 11.6 Å². The van der Waals surface area contributed by atoms with Crippen LogP contribution in [0, 0.1) is 5.41 Å². The lowest BCUT2D eigenvalue weighted by Gasteiger charge is -2.33. The maximum Gasteiger partial charge on any atom is 0.153 e. The fraction of sp³-hybridized carbons (Fsp3) is 0.364. The van der Waals surface area contributed by atoms with E-state index in [0.29, 0.717) is 24.3 Å². The average Bonchev–Trinajstić information content (AvgIpc) is 2.61. The zero-order valence-corrected chi connectivity index (χ0v) is 16.9. The highest BCUT2D eigenvalue weighted by Gasteiger charge is 2.43. The summed E-state index contributed by atoms with van der Waals surface area (Å²) < 4.78 is 6.92. The Morgan fingerprint density at radius 2 is 1.73 bits per heavy atom. The van der Waals surface area contributed by atoms with Gasteiger partial charge >= 0.3 is 0 Å². The number of hydrogen-bond donors (Lipinski definition) is 0. The van der Waals surface area contributed by atoms with Gasteiger partial charge in [0, 0.05) is 16.3 Å². The van der Waals surface area contributed by atoms with Crippen molar-refractivity contribution in [3.63, 3.8) is 0 Å². The summed E-state index contributed by atoms with van der Waals surface area (Å²) in [5.41, 5.74) is 1.36. The molecule has 136 valence electrons. The molecule has 0 heterocycles. The second-order valence-electron chi connectivity index (χ2n) is 7.42. The highest BCUT2D eigenvalue weighted by atomic mass is 79.9. The summed E-state index contributed by atoms with van der Waals surface area (Å²) in [7, 11) is 0. The van der Waals surface area contributed by atoms with Crippen LogP contribution in [0.15, 0.2) is 46.9 Å². The number of rotatable bonds is 4. The molecule has 0 bridgehead atoms. The molecule has 0 aliphatic heterocycles. The van der Waals surface area contributed by atoms with Crippen molar-refractivity contribution in [2.45, 2.75) is 46.0 Å². The van der Waals surface area contributed by atoms with Crippen molar-refractivity contribution >= 4 is 27.5 Å². The van der Waals surface area contributed by atoms with Gasteiger partial charge in [-0.25, -0.2) is 0 Å². The number of benzene rings is 2. The number of halogens is 1. The Balaban J connectivity index is 1.98. The summed E-state index contributed by atoms with van der Waals surface area (Å²) in [6, 6.07) is 13.3. The maximum atomic E-state index is 13.0. The van der Waals surface area contributed by atoms with E-state index in [0.717, 1.165) is 22.0 Å². The van der Waals surface area contributed by atoms with Crippen molar-refractivity contribution in [1.29, 1.82) is 0 Å². The molecule has 1 unspecified atom stereocenters. The molecule has 1 aliphatic rings. The predicted molar refractivity (Wildman–Crippen MR) is 106 cm³/mol. The van der Waals surface area contributed by atoms with Crippen LogP contribution in [0.3, 0.4) is 0 Å². The minimum atomic E-state index is -0.679. The average molecular weight is 415 g/mol. The van der Waals surface area contributed by atoms with E-state index in [2.05, 4.69) is 15.9 Å². The van der Waals surface area contributed by atoms with Gasteiger partial charge in [0.25, 0.3) is 0 Å². The SMILES string of the molecule is CCc1ccc(Oc2ccc(Br)cc2)cc1C1C(=O)CCC(C)(C)C1=O. The van der Waals surface area contributed by atoms with Crippen LogP contribution in [0.4, 0.5) is 0 Å². The van der Waals surface area contributed by atoms with Gasteiger partial charge < -0.3 is 4.74 Å².